The van der Waals surface area contributed by atoms with Crippen molar-refractivity contribution in [2.75, 3.05) is 19.3 Å². The van der Waals surface area contributed by atoms with E-state index in [9.17, 15) is 8.42 Å². The Morgan fingerprint density at radius 2 is 1.69 bits per heavy atom. The second-order valence-electron chi connectivity index (χ2n) is 5.50. The van der Waals surface area contributed by atoms with Crippen LogP contribution in [0.25, 0.3) is 0 Å². The van der Waals surface area contributed by atoms with Crippen LogP contribution in [-0.2, 0) is 9.84 Å². The summed E-state index contributed by atoms with van der Waals surface area (Å²) in [5.74, 6) is 0.767. The van der Waals surface area contributed by atoms with E-state index in [4.69, 9.17) is 0 Å². The molecule has 0 aliphatic heterocycles. The summed E-state index contributed by atoms with van der Waals surface area (Å²) in [7, 11) is -0.997. The summed E-state index contributed by atoms with van der Waals surface area (Å²) in [4.78, 5) is 0. The SMILES string of the molecule is CNCC(C)(CCS(=O)(=O)C(C)C)C(C)C. The fraction of sp³-hybridized carbons (Fsp3) is 1.00. The van der Waals surface area contributed by atoms with Gasteiger partial charge in [-0.25, -0.2) is 8.42 Å². The van der Waals surface area contributed by atoms with E-state index in [1.165, 1.54) is 0 Å². The van der Waals surface area contributed by atoms with Crippen LogP contribution >= 0.6 is 0 Å². The van der Waals surface area contributed by atoms with Crippen LogP contribution in [-0.4, -0.2) is 33.0 Å². The molecular weight excluding hydrogens is 222 g/mol. The molecule has 0 aliphatic carbocycles. The lowest BCUT2D eigenvalue weighted by atomic mass is 9.77. The lowest BCUT2D eigenvalue weighted by Gasteiger charge is -2.34. The van der Waals surface area contributed by atoms with Gasteiger partial charge in [-0.05, 0) is 38.6 Å². The summed E-state index contributed by atoms with van der Waals surface area (Å²) in [6.07, 6.45) is 0.728. The van der Waals surface area contributed by atoms with Crippen molar-refractivity contribution in [2.24, 2.45) is 11.3 Å². The largest absolute Gasteiger partial charge is 0.319 e. The first-order valence-corrected chi connectivity index (χ1v) is 7.73. The summed E-state index contributed by atoms with van der Waals surface area (Å²) in [6, 6.07) is 0. The first kappa shape index (κ1) is 15.9. The molecule has 0 spiro atoms. The highest BCUT2D eigenvalue weighted by molar-refractivity contribution is 7.91. The summed E-state index contributed by atoms with van der Waals surface area (Å²) in [5.41, 5.74) is 0.0523. The average Bonchev–Trinajstić information content (AvgIpc) is 2.15. The molecule has 4 heteroatoms. The van der Waals surface area contributed by atoms with Crippen molar-refractivity contribution in [3.8, 4) is 0 Å². The third-order valence-electron chi connectivity index (χ3n) is 3.65. The van der Waals surface area contributed by atoms with Gasteiger partial charge in [0.2, 0.25) is 0 Å². The van der Waals surface area contributed by atoms with Gasteiger partial charge in [0.25, 0.3) is 0 Å². The minimum Gasteiger partial charge on any atom is -0.319 e. The molecule has 0 aliphatic rings. The summed E-state index contributed by atoms with van der Waals surface area (Å²) in [6.45, 7) is 10.8. The van der Waals surface area contributed by atoms with Crippen molar-refractivity contribution >= 4 is 9.84 Å². The lowest BCUT2D eigenvalue weighted by molar-refractivity contribution is 0.206. The maximum Gasteiger partial charge on any atom is 0.152 e. The van der Waals surface area contributed by atoms with Gasteiger partial charge in [0.1, 0.15) is 0 Å². The van der Waals surface area contributed by atoms with Crippen LogP contribution in [0.1, 0.15) is 41.0 Å². The molecule has 0 amide bonds. The Labute approximate surface area is 101 Å². The number of hydrogen-bond donors (Lipinski definition) is 1. The lowest BCUT2D eigenvalue weighted by Crippen LogP contribution is -2.37. The van der Waals surface area contributed by atoms with Crippen LogP contribution in [0.5, 0.6) is 0 Å². The van der Waals surface area contributed by atoms with Gasteiger partial charge in [-0.3, -0.25) is 0 Å². The molecule has 3 nitrogen and oxygen atoms in total. The second-order valence-corrected chi connectivity index (χ2v) is 8.18. The zero-order valence-corrected chi connectivity index (χ0v) is 12.3. The predicted octanol–water partition coefficient (Wildman–Crippen LogP) is 2.08. The standard InChI is InChI=1S/C12H27NO2S/c1-10(2)12(5,9-13-6)7-8-16(14,15)11(3)4/h10-11,13H,7-9H2,1-6H3. The third-order valence-corrected chi connectivity index (χ3v) is 5.86. The van der Waals surface area contributed by atoms with Gasteiger partial charge in [-0.15, -0.1) is 0 Å². The van der Waals surface area contributed by atoms with Crippen molar-refractivity contribution in [3.05, 3.63) is 0 Å². The van der Waals surface area contributed by atoms with E-state index in [1.807, 2.05) is 7.05 Å². The highest BCUT2D eigenvalue weighted by atomic mass is 32.2. The van der Waals surface area contributed by atoms with E-state index in [-0.39, 0.29) is 10.7 Å². The van der Waals surface area contributed by atoms with Crippen molar-refractivity contribution in [3.63, 3.8) is 0 Å². The number of rotatable bonds is 7. The predicted molar refractivity (Wildman–Crippen MR) is 70.4 cm³/mol. The molecule has 0 heterocycles. The Bertz CT molecular complexity index is 296. The molecule has 0 radical (unpaired) electrons. The highest BCUT2D eigenvalue weighted by Gasteiger charge is 2.30. The Kier molecular flexibility index (Phi) is 5.98. The van der Waals surface area contributed by atoms with Gasteiger partial charge in [-0.2, -0.15) is 0 Å². The van der Waals surface area contributed by atoms with E-state index in [0.29, 0.717) is 11.7 Å². The van der Waals surface area contributed by atoms with Crippen LogP contribution in [0.15, 0.2) is 0 Å². The maximum atomic E-state index is 11.8. The smallest absolute Gasteiger partial charge is 0.152 e. The Morgan fingerprint density at radius 1 is 1.19 bits per heavy atom. The Morgan fingerprint density at radius 3 is 2.00 bits per heavy atom. The minimum absolute atomic E-state index is 0.0523. The molecule has 1 atom stereocenters. The van der Waals surface area contributed by atoms with Crippen LogP contribution < -0.4 is 5.32 Å². The number of sulfone groups is 1. The molecule has 16 heavy (non-hydrogen) atoms. The van der Waals surface area contributed by atoms with Gasteiger partial charge in [0.05, 0.1) is 11.0 Å². The first-order valence-electron chi connectivity index (χ1n) is 6.02. The molecule has 0 aromatic carbocycles. The summed E-state index contributed by atoms with van der Waals surface area (Å²) < 4.78 is 23.6. The van der Waals surface area contributed by atoms with Gasteiger partial charge in [-0.1, -0.05) is 20.8 Å². The normalized spacial score (nSPS) is 16.8. The number of nitrogens with one attached hydrogen (secondary N) is 1. The number of hydrogen-bond acceptors (Lipinski definition) is 3. The Hall–Kier alpha value is -0.0900. The van der Waals surface area contributed by atoms with Crippen LogP contribution in [0, 0.1) is 11.3 Å². The highest BCUT2D eigenvalue weighted by Crippen LogP contribution is 2.31. The molecule has 1 N–H and O–H groups in total. The molecule has 1 unspecified atom stereocenters. The van der Waals surface area contributed by atoms with Gasteiger partial charge in [0.15, 0.2) is 9.84 Å². The summed E-state index contributed by atoms with van der Waals surface area (Å²) in [5, 5.41) is 2.90. The molecule has 0 aromatic rings. The van der Waals surface area contributed by atoms with Crippen molar-refractivity contribution in [2.45, 2.75) is 46.3 Å². The van der Waals surface area contributed by atoms with Crippen LogP contribution in [0.3, 0.4) is 0 Å². The topological polar surface area (TPSA) is 46.2 Å². The fourth-order valence-electron chi connectivity index (χ4n) is 1.60. The molecule has 0 saturated carbocycles. The molecule has 0 bridgehead atoms. The fourth-order valence-corrected chi connectivity index (χ4v) is 2.82. The van der Waals surface area contributed by atoms with Crippen LogP contribution in [0.2, 0.25) is 0 Å². The van der Waals surface area contributed by atoms with Gasteiger partial charge >= 0.3 is 0 Å². The van der Waals surface area contributed by atoms with Gasteiger partial charge in [0, 0.05) is 6.54 Å². The molecule has 0 fully saturated rings. The van der Waals surface area contributed by atoms with E-state index in [1.54, 1.807) is 13.8 Å². The maximum absolute atomic E-state index is 11.8. The van der Waals surface area contributed by atoms with E-state index in [2.05, 4.69) is 26.1 Å². The monoisotopic (exact) mass is 249 g/mol. The zero-order chi connectivity index (χ0) is 13.0. The van der Waals surface area contributed by atoms with Crippen molar-refractivity contribution < 1.29 is 8.42 Å². The zero-order valence-electron chi connectivity index (χ0n) is 11.5. The minimum atomic E-state index is -2.91. The van der Waals surface area contributed by atoms with Gasteiger partial charge < -0.3 is 5.32 Å². The second kappa shape index (κ2) is 6.01. The third kappa shape index (κ3) is 4.42. The molecular formula is C12H27NO2S. The molecule has 0 aromatic heterocycles. The summed E-state index contributed by atoms with van der Waals surface area (Å²) >= 11 is 0. The van der Waals surface area contributed by atoms with E-state index < -0.39 is 9.84 Å². The Balaban J connectivity index is 4.57. The molecule has 0 rings (SSSR count). The first-order chi connectivity index (χ1) is 7.15. The van der Waals surface area contributed by atoms with E-state index in [0.717, 1.165) is 13.0 Å². The van der Waals surface area contributed by atoms with Crippen LogP contribution in [0.4, 0.5) is 0 Å². The van der Waals surface area contributed by atoms with E-state index >= 15 is 0 Å². The van der Waals surface area contributed by atoms with Crippen molar-refractivity contribution in [1.29, 1.82) is 0 Å². The average molecular weight is 249 g/mol. The van der Waals surface area contributed by atoms with Crippen molar-refractivity contribution in [1.82, 2.24) is 5.32 Å². The quantitative estimate of drug-likeness (QED) is 0.751. The molecule has 0 saturated heterocycles. The molecule has 98 valence electrons.